The molecule has 0 aromatic carbocycles. The highest BCUT2D eigenvalue weighted by Gasteiger charge is 2.34. The van der Waals surface area contributed by atoms with Crippen molar-refractivity contribution in [1.82, 2.24) is 0 Å². The molecule has 0 unspecified atom stereocenters. The molecule has 0 saturated carbocycles. The SMILES string of the molecule is CCC[C@]1(C)OC[C@@H](/C=C/C(=O)O)O1. The molecular formula is C10H16O4. The van der Waals surface area contributed by atoms with E-state index in [0.717, 1.165) is 18.9 Å². The summed E-state index contributed by atoms with van der Waals surface area (Å²) >= 11 is 0. The van der Waals surface area contributed by atoms with Gasteiger partial charge in [-0.15, -0.1) is 0 Å². The minimum absolute atomic E-state index is 0.234. The van der Waals surface area contributed by atoms with Gasteiger partial charge in [-0.1, -0.05) is 13.3 Å². The summed E-state index contributed by atoms with van der Waals surface area (Å²) in [5.74, 6) is -1.50. The highest BCUT2D eigenvalue weighted by atomic mass is 16.7. The van der Waals surface area contributed by atoms with Gasteiger partial charge in [0.15, 0.2) is 5.79 Å². The van der Waals surface area contributed by atoms with E-state index in [0.29, 0.717) is 6.61 Å². The molecule has 2 atom stereocenters. The maximum atomic E-state index is 10.3. The Morgan fingerprint density at radius 2 is 2.43 bits per heavy atom. The van der Waals surface area contributed by atoms with E-state index in [2.05, 4.69) is 6.92 Å². The van der Waals surface area contributed by atoms with Crippen molar-refractivity contribution in [2.75, 3.05) is 6.61 Å². The van der Waals surface area contributed by atoms with Gasteiger partial charge in [-0.3, -0.25) is 0 Å². The maximum Gasteiger partial charge on any atom is 0.328 e. The molecule has 0 radical (unpaired) electrons. The van der Waals surface area contributed by atoms with Gasteiger partial charge in [-0.05, 0) is 13.0 Å². The van der Waals surface area contributed by atoms with Gasteiger partial charge in [-0.25, -0.2) is 4.79 Å². The van der Waals surface area contributed by atoms with Crippen molar-refractivity contribution in [3.63, 3.8) is 0 Å². The Hall–Kier alpha value is -0.870. The summed E-state index contributed by atoms with van der Waals surface area (Å²) in [5, 5.41) is 8.42. The molecule has 0 bridgehead atoms. The zero-order valence-electron chi connectivity index (χ0n) is 8.53. The van der Waals surface area contributed by atoms with Crippen LogP contribution in [0.4, 0.5) is 0 Å². The lowest BCUT2D eigenvalue weighted by Crippen LogP contribution is -2.25. The Kier molecular flexibility index (Phi) is 3.66. The molecule has 1 aliphatic rings. The number of aliphatic carboxylic acids is 1. The van der Waals surface area contributed by atoms with Gasteiger partial charge in [0.1, 0.15) is 6.10 Å². The minimum Gasteiger partial charge on any atom is -0.478 e. The molecule has 14 heavy (non-hydrogen) atoms. The Labute approximate surface area is 83.5 Å². The Bertz CT molecular complexity index is 236. The highest BCUT2D eigenvalue weighted by Crippen LogP contribution is 2.28. The van der Waals surface area contributed by atoms with E-state index in [1.807, 2.05) is 6.92 Å². The molecule has 1 aliphatic heterocycles. The summed E-state index contributed by atoms with van der Waals surface area (Å²) in [7, 11) is 0. The van der Waals surface area contributed by atoms with Crippen LogP contribution in [0.1, 0.15) is 26.7 Å². The molecule has 80 valence electrons. The van der Waals surface area contributed by atoms with Gasteiger partial charge in [-0.2, -0.15) is 0 Å². The fourth-order valence-electron chi connectivity index (χ4n) is 1.52. The van der Waals surface area contributed by atoms with Crippen LogP contribution < -0.4 is 0 Å². The van der Waals surface area contributed by atoms with Gasteiger partial charge in [0.25, 0.3) is 0 Å². The fraction of sp³-hybridized carbons (Fsp3) is 0.700. The number of ether oxygens (including phenoxy) is 2. The Morgan fingerprint density at radius 3 is 3.00 bits per heavy atom. The number of rotatable bonds is 4. The van der Waals surface area contributed by atoms with Crippen molar-refractivity contribution >= 4 is 5.97 Å². The van der Waals surface area contributed by atoms with Crippen LogP contribution in [0.5, 0.6) is 0 Å². The first-order valence-electron chi connectivity index (χ1n) is 4.78. The number of carbonyl (C=O) groups is 1. The summed E-state index contributed by atoms with van der Waals surface area (Å²) in [6, 6.07) is 0. The number of carboxylic acid groups (broad SMARTS) is 1. The third kappa shape index (κ3) is 3.12. The van der Waals surface area contributed by atoms with E-state index in [1.54, 1.807) is 0 Å². The van der Waals surface area contributed by atoms with Crippen molar-refractivity contribution in [3.8, 4) is 0 Å². The summed E-state index contributed by atoms with van der Waals surface area (Å²) in [5.41, 5.74) is 0. The number of hydrogen-bond acceptors (Lipinski definition) is 3. The van der Waals surface area contributed by atoms with Crippen LogP contribution in [0.3, 0.4) is 0 Å². The summed E-state index contributed by atoms with van der Waals surface area (Å²) < 4.78 is 11.0. The molecule has 4 nitrogen and oxygen atoms in total. The van der Waals surface area contributed by atoms with Gasteiger partial charge in [0, 0.05) is 12.5 Å². The van der Waals surface area contributed by atoms with Crippen molar-refractivity contribution in [2.24, 2.45) is 0 Å². The first-order chi connectivity index (χ1) is 6.56. The molecule has 4 heteroatoms. The molecule has 0 aliphatic carbocycles. The summed E-state index contributed by atoms with van der Waals surface area (Å²) in [4.78, 5) is 10.3. The monoisotopic (exact) mass is 200 g/mol. The molecule has 1 fully saturated rings. The van der Waals surface area contributed by atoms with Crippen LogP contribution in [0.2, 0.25) is 0 Å². The average molecular weight is 200 g/mol. The molecule has 0 spiro atoms. The molecule has 1 heterocycles. The van der Waals surface area contributed by atoms with E-state index in [9.17, 15) is 4.79 Å². The zero-order chi connectivity index (χ0) is 10.6. The standard InChI is InChI=1S/C10H16O4/c1-3-6-10(2)13-7-8(14-10)4-5-9(11)12/h4-5,8H,3,6-7H2,1-2H3,(H,11,12)/b5-4+/t8-,10-/m1/s1. The van der Waals surface area contributed by atoms with Gasteiger partial charge < -0.3 is 14.6 Å². The average Bonchev–Trinajstić information content (AvgIpc) is 2.45. The van der Waals surface area contributed by atoms with E-state index in [-0.39, 0.29) is 6.10 Å². The Balaban J connectivity index is 2.44. The maximum absolute atomic E-state index is 10.3. The number of carboxylic acids is 1. The lowest BCUT2D eigenvalue weighted by atomic mass is 10.2. The predicted molar refractivity (Wildman–Crippen MR) is 50.9 cm³/mol. The Morgan fingerprint density at radius 1 is 1.71 bits per heavy atom. The van der Waals surface area contributed by atoms with E-state index < -0.39 is 11.8 Å². The van der Waals surface area contributed by atoms with Gasteiger partial charge >= 0.3 is 5.97 Å². The van der Waals surface area contributed by atoms with E-state index in [4.69, 9.17) is 14.6 Å². The summed E-state index contributed by atoms with van der Waals surface area (Å²) in [6.45, 7) is 4.36. The molecule has 0 aromatic rings. The van der Waals surface area contributed by atoms with Crippen LogP contribution >= 0.6 is 0 Å². The summed E-state index contributed by atoms with van der Waals surface area (Å²) in [6.07, 6.45) is 4.17. The van der Waals surface area contributed by atoms with Crippen molar-refractivity contribution in [1.29, 1.82) is 0 Å². The molecule has 0 aromatic heterocycles. The lowest BCUT2D eigenvalue weighted by Gasteiger charge is -2.21. The van der Waals surface area contributed by atoms with Crippen molar-refractivity contribution in [3.05, 3.63) is 12.2 Å². The third-order valence-corrected chi connectivity index (χ3v) is 2.11. The van der Waals surface area contributed by atoms with Crippen LogP contribution in [0, 0.1) is 0 Å². The first kappa shape index (κ1) is 11.2. The number of hydrogen-bond donors (Lipinski definition) is 1. The largest absolute Gasteiger partial charge is 0.478 e. The molecule has 1 N–H and O–H groups in total. The molecule has 1 rings (SSSR count). The lowest BCUT2D eigenvalue weighted by molar-refractivity contribution is -0.153. The predicted octanol–water partition coefficient (Wildman–Crippen LogP) is 1.56. The second-order valence-corrected chi connectivity index (χ2v) is 3.55. The van der Waals surface area contributed by atoms with Gasteiger partial charge in [0.05, 0.1) is 6.61 Å². The second-order valence-electron chi connectivity index (χ2n) is 3.55. The van der Waals surface area contributed by atoms with Crippen LogP contribution in [0.15, 0.2) is 12.2 Å². The highest BCUT2D eigenvalue weighted by molar-refractivity contribution is 5.79. The topological polar surface area (TPSA) is 55.8 Å². The smallest absolute Gasteiger partial charge is 0.328 e. The van der Waals surface area contributed by atoms with Crippen molar-refractivity contribution < 1.29 is 19.4 Å². The molecule has 0 amide bonds. The molecule has 1 saturated heterocycles. The van der Waals surface area contributed by atoms with Crippen LogP contribution in [-0.4, -0.2) is 29.6 Å². The van der Waals surface area contributed by atoms with Crippen LogP contribution in [0.25, 0.3) is 0 Å². The normalized spacial score (nSPS) is 32.6. The van der Waals surface area contributed by atoms with Gasteiger partial charge in [0.2, 0.25) is 0 Å². The molecular weight excluding hydrogens is 184 g/mol. The third-order valence-electron chi connectivity index (χ3n) is 2.11. The van der Waals surface area contributed by atoms with Crippen molar-refractivity contribution in [2.45, 2.75) is 38.6 Å². The zero-order valence-corrected chi connectivity index (χ0v) is 8.53. The first-order valence-corrected chi connectivity index (χ1v) is 4.78. The van der Waals surface area contributed by atoms with E-state index in [1.165, 1.54) is 6.08 Å². The fourth-order valence-corrected chi connectivity index (χ4v) is 1.52. The quantitative estimate of drug-likeness (QED) is 0.700. The second kappa shape index (κ2) is 4.57. The van der Waals surface area contributed by atoms with E-state index >= 15 is 0 Å². The minimum atomic E-state index is -0.960. The van der Waals surface area contributed by atoms with Crippen LogP contribution in [-0.2, 0) is 14.3 Å².